The normalized spacial score (nSPS) is 18.8. The molecule has 2 aromatic carbocycles. The number of esters is 1. The van der Waals surface area contributed by atoms with Crippen LogP contribution in [0.2, 0.25) is 10.0 Å². The lowest BCUT2D eigenvalue weighted by molar-refractivity contribution is -0.377. The molecule has 3 aliphatic heterocycles. The molecule has 13 heteroatoms. The summed E-state index contributed by atoms with van der Waals surface area (Å²) in [5, 5.41) is 10.9. The van der Waals surface area contributed by atoms with Crippen molar-refractivity contribution in [2.45, 2.75) is 44.6 Å². The van der Waals surface area contributed by atoms with Crippen LogP contribution in [0.4, 0.5) is 10.5 Å². The third-order valence-electron chi connectivity index (χ3n) is 9.11. The zero-order valence-corrected chi connectivity index (χ0v) is 29.5. The van der Waals surface area contributed by atoms with E-state index >= 15 is 0 Å². The molecular formula is C36H38Cl2N3O7S+. The Morgan fingerprint density at radius 1 is 1.02 bits per heavy atom. The average Bonchev–Trinajstić information content (AvgIpc) is 3.61. The van der Waals surface area contributed by atoms with Crippen molar-refractivity contribution in [1.82, 2.24) is 4.90 Å². The van der Waals surface area contributed by atoms with Crippen LogP contribution in [-0.2, 0) is 29.0 Å². The number of H-pyrrole nitrogens is 1. The number of hydrogen-bond donors (Lipinski definition) is 1. The first-order valence-electron chi connectivity index (χ1n) is 16.0. The third-order valence-corrected chi connectivity index (χ3v) is 10.8. The highest BCUT2D eigenvalue weighted by molar-refractivity contribution is 7.14. The predicted octanol–water partition coefficient (Wildman–Crippen LogP) is 6.76. The van der Waals surface area contributed by atoms with Gasteiger partial charge in [-0.15, -0.1) is 11.3 Å². The molecule has 2 atom stereocenters. The zero-order valence-electron chi connectivity index (χ0n) is 27.2. The van der Waals surface area contributed by atoms with E-state index in [0.29, 0.717) is 54.7 Å². The fraction of sp³-hybridized carbons (Fsp3) is 0.361. The van der Waals surface area contributed by atoms with Gasteiger partial charge in [0.25, 0.3) is 0 Å². The van der Waals surface area contributed by atoms with Gasteiger partial charge >= 0.3 is 12.1 Å². The van der Waals surface area contributed by atoms with E-state index in [9.17, 15) is 14.7 Å². The minimum absolute atomic E-state index is 0.139. The van der Waals surface area contributed by atoms with Crippen LogP contribution < -0.4 is 19.4 Å². The number of thiophene rings is 1. The Bertz CT molecular complexity index is 1780. The van der Waals surface area contributed by atoms with E-state index in [1.165, 1.54) is 23.3 Å². The van der Waals surface area contributed by atoms with Crippen LogP contribution >= 0.6 is 34.5 Å². The molecule has 5 heterocycles. The van der Waals surface area contributed by atoms with Gasteiger partial charge in [-0.25, -0.2) is 14.6 Å². The number of methoxy groups -OCH3 is 2. The van der Waals surface area contributed by atoms with Crippen molar-refractivity contribution in [1.29, 1.82) is 0 Å². The summed E-state index contributed by atoms with van der Waals surface area (Å²) in [6, 6.07) is 16.0. The molecular weight excluding hydrogens is 689 g/mol. The van der Waals surface area contributed by atoms with Crippen molar-refractivity contribution in [2.24, 2.45) is 5.92 Å². The summed E-state index contributed by atoms with van der Waals surface area (Å²) in [5.41, 5.74) is 2.42. The van der Waals surface area contributed by atoms with Crippen molar-refractivity contribution in [3.63, 3.8) is 0 Å². The number of carbonyl (C=O) groups is 2. The Morgan fingerprint density at radius 2 is 1.76 bits per heavy atom. The van der Waals surface area contributed by atoms with Crippen molar-refractivity contribution in [2.75, 3.05) is 38.8 Å². The number of rotatable bonds is 12. The second-order valence-electron chi connectivity index (χ2n) is 12.0. The molecule has 1 amide bonds. The molecule has 2 aromatic heterocycles. The van der Waals surface area contributed by atoms with E-state index in [0.717, 1.165) is 37.4 Å². The highest BCUT2D eigenvalue weighted by Gasteiger charge is 2.38. The number of aliphatic hydroxyl groups excluding tert-OH is 1. The Kier molecular flexibility index (Phi) is 11.3. The number of para-hydroxylation sites is 1. The number of halogens is 2. The fourth-order valence-electron chi connectivity index (χ4n) is 6.45. The number of pyridine rings is 1. The molecule has 7 rings (SSSR count). The average molecular weight is 728 g/mol. The van der Waals surface area contributed by atoms with Crippen LogP contribution in [0.15, 0.2) is 67.0 Å². The first kappa shape index (κ1) is 35.0. The van der Waals surface area contributed by atoms with E-state index in [1.807, 2.05) is 12.1 Å². The number of nitrogens with zero attached hydrogens (tertiary/aromatic N) is 2. The molecule has 0 unspecified atom stereocenters. The zero-order chi connectivity index (χ0) is 34.5. The minimum atomic E-state index is -0.778. The molecule has 258 valence electrons. The lowest BCUT2D eigenvalue weighted by Gasteiger charge is -2.44. The van der Waals surface area contributed by atoms with Gasteiger partial charge in [-0.05, 0) is 67.7 Å². The number of anilines is 1. The molecule has 0 saturated carbocycles. The number of aliphatic hydroxyl groups is 1. The molecule has 49 heavy (non-hydrogen) atoms. The number of fused-ring (bicyclic) bond motifs is 3. The van der Waals surface area contributed by atoms with Gasteiger partial charge in [-0.1, -0.05) is 47.5 Å². The number of benzene rings is 2. The van der Waals surface area contributed by atoms with Gasteiger partial charge in [0, 0.05) is 29.0 Å². The van der Waals surface area contributed by atoms with E-state index < -0.39 is 18.2 Å². The summed E-state index contributed by atoms with van der Waals surface area (Å²) in [6.07, 6.45) is 3.99. The quantitative estimate of drug-likeness (QED) is 0.160. The van der Waals surface area contributed by atoms with Crippen LogP contribution in [0.5, 0.6) is 11.5 Å². The molecule has 2 N–H and O–H groups in total. The van der Waals surface area contributed by atoms with E-state index in [1.54, 1.807) is 62.0 Å². The SMILES string of the molecule is COc1ccc([C@H](Cc2c(Cl)c[nH+]cc2Cl)OC(=O)c2ccc(CN(C(=O)O[C@H]3CN4CCC3CC4)c3ccccc3CO)s2)cc1OC. The number of carbonyl (C=O) groups excluding carboxylic acids is 2. The summed E-state index contributed by atoms with van der Waals surface area (Å²) >= 11 is 14.2. The van der Waals surface area contributed by atoms with Gasteiger partial charge < -0.3 is 24.1 Å². The van der Waals surface area contributed by atoms with E-state index in [4.69, 9.17) is 42.1 Å². The number of aromatic nitrogens is 1. The molecule has 3 fully saturated rings. The second-order valence-corrected chi connectivity index (χ2v) is 14.0. The first-order chi connectivity index (χ1) is 23.8. The van der Waals surface area contributed by atoms with E-state index in [-0.39, 0.29) is 25.7 Å². The molecule has 2 bridgehead atoms. The lowest BCUT2D eigenvalue weighted by Crippen LogP contribution is -2.53. The Balaban J connectivity index is 1.24. The number of hydrogen-bond acceptors (Lipinski definition) is 9. The van der Waals surface area contributed by atoms with Crippen LogP contribution in [0.25, 0.3) is 0 Å². The largest absolute Gasteiger partial charge is 0.493 e. The molecule has 3 aliphatic rings. The number of amides is 1. The molecule has 10 nitrogen and oxygen atoms in total. The van der Waals surface area contributed by atoms with Crippen molar-refractivity contribution in [3.05, 3.63) is 103 Å². The van der Waals surface area contributed by atoms with Gasteiger partial charge in [0.1, 0.15) is 27.1 Å². The molecule has 3 saturated heterocycles. The Hall–Kier alpha value is -3.87. The van der Waals surface area contributed by atoms with E-state index in [2.05, 4.69) is 9.88 Å². The summed E-state index contributed by atoms with van der Waals surface area (Å²) in [6.45, 7) is 2.67. The molecule has 0 aliphatic carbocycles. The van der Waals surface area contributed by atoms with Gasteiger partial charge in [-0.2, -0.15) is 0 Å². The minimum Gasteiger partial charge on any atom is -0.493 e. The highest BCUT2D eigenvalue weighted by atomic mass is 35.5. The maximum atomic E-state index is 13.8. The molecule has 0 radical (unpaired) electrons. The van der Waals surface area contributed by atoms with Crippen LogP contribution in [0.1, 0.15) is 50.2 Å². The molecule has 0 spiro atoms. The fourth-order valence-corrected chi connectivity index (χ4v) is 7.86. The van der Waals surface area contributed by atoms with Gasteiger partial charge in [-0.3, -0.25) is 9.80 Å². The van der Waals surface area contributed by atoms with Crippen molar-refractivity contribution < 1.29 is 38.6 Å². The topological polar surface area (TPSA) is 112 Å². The highest BCUT2D eigenvalue weighted by Crippen LogP contribution is 2.36. The van der Waals surface area contributed by atoms with Crippen molar-refractivity contribution >= 4 is 52.3 Å². The molecule has 4 aromatic rings. The van der Waals surface area contributed by atoms with Gasteiger partial charge in [0.2, 0.25) is 0 Å². The summed E-state index contributed by atoms with van der Waals surface area (Å²) in [5.74, 6) is 0.794. The maximum absolute atomic E-state index is 13.8. The van der Waals surface area contributed by atoms with Crippen LogP contribution in [-0.4, -0.2) is 62.0 Å². The van der Waals surface area contributed by atoms with Gasteiger partial charge in [0.15, 0.2) is 23.9 Å². The van der Waals surface area contributed by atoms with Crippen LogP contribution in [0.3, 0.4) is 0 Å². The third kappa shape index (κ3) is 7.97. The first-order valence-corrected chi connectivity index (χ1v) is 17.6. The standard InChI is InChI=1S/C36H37Cl2N3O7S/c1-45-30-9-7-23(15-32(30)46-2)31(16-26-27(37)17-39-18-28(26)38)47-35(43)34-10-8-25(49-34)19-41(29-6-4-3-5-24(29)21-42)36(44)48-33-20-40-13-11-22(33)12-14-40/h3-10,15,17-18,22,31,33,42H,11-14,16,19-21H2,1-2H3/p+1/t31-,33-/m0/s1. The monoisotopic (exact) mass is 726 g/mol. The summed E-state index contributed by atoms with van der Waals surface area (Å²) in [4.78, 5) is 35.4. The number of piperidine rings is 3. The smallest absolute Gasteiger partial charge is 0.414 e. The summed E-state index contributed by atoms with van der Waals surface area (Å²) in [7, 11) is 3.08. The van der Waals surface area contributed by atoms with Gasteiger partial charge in [0.05, 0.1) is 33.1 Å². The predicted molar refractivity (Wildman–Crippen MR) is 187 cm³/mol. The Morgan fingerprint density at radius 3 is 2.43 bits per heavy atom. The lowest BCUT2D eigenvalue weighted by atomic mass is 9.86. The maximum Gasteiger partial charge on any atom is 0.414 e. The number of ether oxygens (including phenoxy) is 4. The number of nitrogens with one attached hydrogen (secondary N) is 1. The Labute approximate surface area is 299 Å². The second kappa shape index (κ2) is 15.8. The van der Waals surface area contributed by atoms with Crippen molar-refractivity contribution in [3.8, 4) is 11.5 Å². The summed E-state index contributed by atoms with van der Waals surface area (Å²) < 4.78 is 23.2. The van der Waals surface area contributed by atoms with Crippen LogP contribution in [0, 0.1) is 5.92 Å². The number of aromatic amines is 1.